The number of hydrogen-bond donors (Lipinski definition) is 0. The van der Waals surface area contributed by atoms with Gasteiger partial charge in [-0.1, -0.05) is 34.8 Å². The molecule has 9 heavy (non-hydrogen) atoms. The molecule has 0 aromatic carbocycles. The molecule has 0 radical (unpaired) electrons. The molecule has 2 nitrogen and oxygen atoms in total. The van der Waals surface area contributed by atoms with E-state index in [1.165, 1.54) is 0 Å². The zero-order chi connectivity index (χ0) is 7.15. The molecular weight excluding hydrogens is 206 g/mol. The van der Waals surface area contributed by atoms with Gasteiger partial charge < -0.3 is 5.48 Å². The first-order valence-electron chi connectivity index (χ1n) is 1.64. The van der Waals surface area contributed by atoms with Crippen LogP contribution < -0.4 is 0 Å². The Morgan fingerprint density at radius 2 is 1.22 bits per heavy atom. The highest BCUT2D eigenvalue weighted by Gasteiger charge is 1.78. The van der Waals surface area contributed by atoms with Crippen molar-refractivity contribution in [2.24, 2.45) is 0 Å². The first-order valence-corrected chi connectivity index (χ1v) is 4.91. The van der Waals surface area contributed by atoms with Crippen LogP contribution in [-0.2, 0) is 10.8 Å². The van der Waals surface area contributed by atoms with Crippen LogP contribution in [0.5, 0.6) is 0 Å². The molecule has 0 atom stereocenters. The lowest BCUT2D eigenvalue weighted by molar-refractivity contribution is 0.690. The van der Waals surface area contributed by atoms with E-state index in [9.17, 15) is 4.21 Å². The van der Waals surface area contributed by atoms with Gasteiger partial charge in [-0.25, -0.2) is 0 Å². The quantitative estimate of drug-likeness (QED) is 0.559. The van der Waals surface area contributed by atoms with Gasteiger partial charge in [-0.3, -0.25) is 4.21 Å². The Kier molecular flexibility index (Phi) is 21.5. The molecule has 0 aliphatic heterocycles. The van der Waals surface area contributed by atoms with E-state index in [2.05, 4.69) is 0 Å². The summed E-state index contributed by atoms with van der Waals surface area (Å²) in [6.07, 6.45) is 3.28. The Hall–Kier alpha value is 0.980. The van der Waals surface area contributed by atoms with E-state index in [1.807, 2.05) is 0 Å². The summed E-state index contributed by atoms with van der Waals surface area (Å²) in [6.45, 7) is 0. The minimum atomic E-state index is -0.750. The van der Waals surface area contributed by atoms with Gasteiger partial charge >= 0.3 is 0 Å². The summed E-state index contributed by atoms with van der Waals surface area (Å²) in [7, 11) is -0.611. The van der Waals surface area contributed by atoms with Crippen LogP contribution in [0.4, 0.5) is 0 Å². The van der Waals surface area contributed by atoms with E-state index in [1.54, 1.807) is 12.5 Å². The van der Waals surface area contributed by atoms with Gasteiger partial charge in [0.1, 0.15) is 0 Å². The molecule has 0 heterocycles. The zero-order valence-corrected chi connectivity index (χ0v) is 8.11. The molecule has 0 aromatic heterocycles. The molecule has 0 aliphatic rings. The van der Waals surface area contributed by atoms with Crippen LogP contribution in [0.25, 0.3) is 0 Å². The molecular formula is C3H9Cl3O2S. The van der Waals surface area contributed by atoms with Gasteiger partial charge in [-0.2, -0.15) is 0 Å². The largest absolute Gasteiger partial charge is 0.412 e. The van der Waals surface area contributed by atoms with Gasteiger partial charge in [0.25, 0.3) is 0 Å². The van der Waals surface area contributed by atoms with Crippen molar-refractivity contribution in [1.82, 2.24) is 0 Å². The van der Waals surface area contributed by atoms with Crippen molar-refractivity contribution in [2.45, 2.75) is 4.30 Å². The second kappa shape index (κ2) is 11.7. The van der Waals surface area contributed by atoms with Crippen LogP contribution in [0.2, 0.25) is 0 Å². The Balaban J connectivity index is -0.0000000720. The van der Waals surface area contributed by atoms with Gasteiger partial charge in [0, 0.05) is 23.3 Å². The summed E-state index contributed by atoms with van der Waals surface area (Å²) in [4.78, 5) is 0. The predicted octanol–water partition coefficient (Wildman–Crippen LogP) is 1.16. The standard InChI is InChI=1S/C2H6OS.CHCl3.H2O/c1-4(2)3;2-1(3)4;/h1-2H3;1H;1H2. The summed E-state index contributed by atoms with van der Waals surface area (Å²) >= 11 is 14.4. The van der Waals surface area contributed by atoms with Crippen molar-refractivity contribution >= 4 is 45.6 Å². The van der Waals surface area contributed by atoms with Crippen molar-refractivity contribution in [1.29, 1.82) is 0 Å². The second-order valence-corrected chi connectivity index (χ2v) is 4.45. The molecule has 60 valence electrons. The maximum Gasteiger partial charge on any atom is 0.180 e. The molecule has 0 spiro atoms. The summed E-state index contributed by atoms with van der Waals surface area (Å²) in [5, 5.41) is 0. The lowest BCUT2D eigenvalue weighted by Crippen LogP contribution is -1.70. The van der Waals surface area contributed by atoms with Gasteiger partial charge in [0.15, 0.2) is 4.30 Å². The maximum absolute atomic E-state index is 9.56. The highest BCUT2D eigenvalue weighted by Crippen LogP contribution is 2.03. The van der Waals surface area contributed by atoms with E-state index in [0.29, 0.717) is 0 Å². The Morgan fingerprint density at radius 3 is 1.22 bits per heavy atom. The lowest BCUT2D eigenvalue weighted by atomic mass is 11.9. The Bertz CT molecular complexity index is 61.3. The van der Waals surface area contributed by atoms with Crippen LogP contribution in [0.15, 0.2) is 0 Å². The normalized spacial score (nSPS) is 7.89. The van der Waals surface area contributed by atoms with Crippen molar-refractivity contribution < 1.29 is 9.69 Å². The van der Waals surface area contributed by atoms with E-state index in [4.69, 9.17) is 34.8 Å². The fourth-order valence-corrected chi connectivity index (χ4v) is 0. The zero-order valence-electron chi connectivity index (χ0n) is 5.03. The van der Waals surface area contributed by atoms with Gasteiger partial charge in [-0.05, 0) is 0 Å². The van der Waals surface area contributed by atoms with Crippen molar-refractivity contribution in [3.8, 4) is 0 Å². The monoisotopic (exact) mass is 214 g/mol. The molecule has 6 heteroatoms. The topological polar surface area (TPSA) is 48.6 Å². The number of rotatable bonds is 0. The molecule has 0 fully saturated rings. The lowest BCUT2D eigenvalue weighted by Gasteiger charge is -1.69. The summed E-state index contributed by atoms with van der Waals surface area (Å²) in [6, 6.07) is 0. The fraction of sp³-hybridized carbons (Fsp3) is 1.00. The summed E-state index contributed by atoms with van der Waals surface area (Å²) in [5.41, 5.74) is 0. The molecule has 0 saturated heterocycles. The third kappa shape index (κ3) is 456. The van der Waals surface area contributed by atoms with E-state index in [0.717, 1.165) is 0 Å². The molecule has 2 N–H and O–H groups in total. The van der Waals surface area contributed by atoms with E-state index >= 15 is 0 Å². The van der Waals surface area contributed by atoms with Crippen LogP contribution in [-0.4, -0.2) is 26.5 Å². The van der Waals surface area contributed by atoms with Gasteiger partial charge in [0.2, 0.25) is 0 Å². The van der Waals surface area contributed by atoms with Crippen LogP contribution in [0, 0.1) is 0 Å². The minimum absolute atomic E-state index is 0. The Morgan fingerprint density at radius 1 is 1.22 bits per heavy atom. The molecule has 0 bridgehead atoms. The third-order valence-corrected chi connectivity index (χ3v) is 0. The highest BCUT2D eigenvalue weighted by molar-refractivity contribution is 7.83. The minimum Gasteiger partial charge on any atom is -0.412 e. The molecule has 0 amide bonds. The van der Waals surface area contributed by atoms with E-state index < -0.39 is 15.1 Å². The van der Waals surface area contributed by atoms with Crippen molar-refractivity contribution in [2.75, 3.05) is 12.5 Å². The summed E-state index contributed by atoms with van der Waals surface area (Å²) < 4.78 is 8.81. The number of halogens is 3. The summed E-state index contributed by atoms with van der Waals surface area (Å²) in [5.74, 6) is 0. The molecule has 0 aliphatic carbocycles. The number of hydrogen-bond acceptors (Lipinski definition) is 1. The molecule has 0 unspecified atom stereocenters. The van der Waals surface area contributed by atoms with Crippen LogP contribution in [0.1, 0.15) is 0 Å². The van der Waals surface area contributed by atoms with Crippen LogP contribution in [0.3, 0.4) is 0 Å². The van der Waals surface area contributed by atoms with E-state index in [-0.39, 0.29) is 5.48 Å². The van der Waals surface area contributed by atoms with Crippen LogP contribution >= 0.6 is 34.8 Å². The predicted molar refractivity (Wildman–Crippen MR) is 45.0 cm³/mol. The molecule has 0 saturated carbocycles. The number of alkyl halides is 3. The smallest absolute Gasteiger partial charge is 0.180 e. The first-order chi connectivity index (χ1) is 3.46. The SMILES string of the molecule is CS(C)=O.ClC(Cl)Cl.O. The maximum atomic E-state index is 9.56. The van der Waals surface area contributed by atoms with Gasteiger partial charge in [0.05, 0.1) is 0 Å². The second-order valence-electron chi connectivity index (χ2n) is 0.989. The fourth-order valence-electron chi connectivity index (χ4n) is 0. The average Bonchev–Trinajstić information content (AvgIpc) is 1.25. The van der Waals surface area contributed by atoms with Gasteiger partial charge in [-0.15, -0.1) is 0 Å². The first kappa shape index (κ1) is 16.5. The average molecular weight is 216 g/mol. The Labute approximate surface area is 72.2 Å². The van der Waals surface area contributed by atoms with Crippen molar-refractivity contribution in [3.05, 3.63) is 0 Å². The molecule has 0 aromatic rings. The third-order valence-electron chi connectivity index (χ3n) is 0. The highest BCUT2D eigenvalue weighted by atomic mass is 35.6. The van der Waals surface area contributed by atoms with Crippen molar-refractivity contribution in [3.63, 3.8) is 0 Å². The molecule has 0 rings (SSSR count).